The van der Waals surface area contributed by atoms with Gasteiger partial charge in [-0.15, -0.1) is 0 Å². The van der Waals surface area contributed by atoms with Gasteiger partial charge in [0, 0.05) is 12.8 Å². The van der Waals surface area contributed by atoms with Crippen molar-refractivity contribution in [2.24, 2.45) is 0 Å². The molecule has 4 atom stereocenters. The Labute approximate surface area is 382 Å². The predicted octanol–water partition coefficient (Wildman–Crippen LogP) is 10.6. The second-order valence-corrected chi connectivity index (χ2v) is 17.1. The smallest absolute Gasteiger partial charge is 0.462 e. The Kier molecular flexibility index (Phi) is 39.8. The van der Waals surface area contributed by atoms with Crippen LogP contribution in [0.5, 0.6) is 0 Å². The Morgan fingerprint density at radius 2 is 1.02 bits per heavy atom. The first-order valence-electron chi connectivity index (χ1n) is 22.3. The summed E-state index contributed by atoms with van der Waals surface area (Å²) in [4.78, 5) is 52.7. The maximum absolute atomic E-state index is 12.7. The molecule has 0 fully saturated rings. The van der Waals surface area contributed by atoms with E-state index in [0.29, 0.717) is 12.8 Å². The van der Waals surface area contributed by atoms with Crippen molar-refractivity contribution in [3.05, 3.63) is 122 Å². The fourth-order valence-corrected chi connectivity index (χ4v) is 6.19. The van der Waals surface area contributed by atoms with Gasteiger partial charge in [0.2, 0.25) is 0 Å². The highest BCUT2D eigenvalue weighted by Crippen LogP contribution is 2.43. The first-order valence-corrected chi connectivity index (χ1v) is 25.4. The molecule has 64 heavy (non-hydrogen) atoms. The first-order chi connectivity index (χ1) is 30.8. The summed E-state index contributed by atoms with van der Waals surface area (Å²) in [6.07, 6.45) is 49.6. The third-order valence-electron chi connectivity index (χ3n) is 8.44. The van der Waals surface area contributed by atoms with Crippen LogP contribution in [-0.4, -0.2) is 81.6 Å². The van der Waals surface area contributed by atoms with Crippen LogP contribution in [0.2, 0.25) is 0 Å². The van der Waals surface area contributed by atoms with E-state index in [2.05, 4.69) is 102 Å². The average molecular weight is 939 g/mol. The minimum atomic E-state index is -4.90. The summed E-state index contributed by atoms with van der Waals surface area (Å²) in [5, 5.41) is 20.0. The molecule has 0 heterocycles. The van der Waals surface area contributed by atoms with Crippen molar-refractivity contribution in [2.45, 2.75) is 141 Å². The van der Waals surface area contributed by atoms with Crippen LogP contribution in [0.25, 0.3) is 0 Å². The van der Waals surface area contributed by atoms with Gasteiger partial charge in [0.1, 0.15) is 12.7 Å². The Morgan fingerprint density at radius 1 is 0.531 bits per heavy atom. The topological polar surface area (TPSA) is 216 Å². The lowest BCUT2D eigenvalue weighted by molar-refractivity contribution is -0.161. The molecule has 5 N–H and O–H groups in total. The van der Waals surface area contributed by atoms with Gasteiger partial charge < -0.3 is 34.4 Å². The molecular formula is C48H76O14P2. The van der Waals surface area contributed by atoms with Crippen LogP contribution in [0.1, 0.15) is 123 Å². The van der Waals surface area contributed by atoms with E-state index < -0.39 is 72.3 Å². The molecule has 2 unspecified atom stereocenters. The van der Waals surface area contributed by atoms with Gasteiger partial charge in [0.15, 0.2) is 6.10 Å². The van der Waals surface area contributed by atoms with E-state index in [4.69, 9.17) is 23.8 Å². The number of allylic oxidation sites excluding steroid dienone is 19. The molecule has 362 valence electrons. The molecule has 0 aliphatic rings. The molecule has 0 aliphatic heterocycles. The lowest BCUT2D eigenvalue weighted by Gasteiger charge is -2.20. The van der Waals surface area contributed by atoms with Crippen molar-refractivity contribution in [3.63, 3.8) is 0 Å². The lowest BCUT2D eigenvalue weighted by Crippen LogP contribution is -2.30. The van der Waals surface area contributed by atoms with Gasteiger partial charge in [-0.1, -0.05) is 148 Å². The first kappa shape index (κ1) is 60.5. The quantitative estimate of drug-likeness (QED) is 0.0127. The molecule has 0 aromatic heterocycles. The normalized spacial score (nSPS) is 15.5. The highest BCUT2D eigenvalue weighted by molar-refractivity contribution is 7.47. The largest absolute Gasteiger partial charge is 0.472 e. The summed E-state index contributed by atoms with van der Waals surface area (Å²) in [5.74, 6) is -1.39. The Morgan fingerprint density at radius 3 is 1.55 bits per heavy atom. The third-order valence-corrected chi connectivity index (χ3v) is 9.88. The number of hydrogen-bond donors (Lipinski definition) is 5. The van der Waals surface area contributed by atoms with E-state index in [9.17, 15) is 33.8 Å². The number of rotatable bonds is 40. The number of esters is 2. The molecule has 0 radical (unpaired) electrons. The van der Waals surface area contributed by atoms with Gasteiger partial charge in [-0.2, -0.15) is 0 Å². The monoisotopic (exact) mass is 938 g/mol. The highest BCUT2D eigenvalue weighted by atomic mass is 31.2. The average Bonchev–Trinajstić information content (AvgIpc) is 3.25. The fraction of sp³-hybridized carbons (Fsp3) is 0.542. The Bertz CT molecular complexity index is 1600. The number of hydrogen-bond acceptors (Lipinski definition) is 11. The van der Waals surface area contributed by atoms with Crippen LogP contribution in [0.15, 0.2) is 122 Å². The molecule has 0 aromatic rings. The van der Waals surface area contributed by atoms with E-state index in [1.54, 1.807) is 12.2 Å². The highest BCUT2D eigenvalue weighted by Gasteiger charge is 2.28. The fourth-order valence-electron chi connectivity index (χ4n) is 5.04. The van der Waals surface area contributed by atoms with Crippen molar-refractivity contribution in [2.75, 3.05) is 26.4 Å². The van der Waals surface area contributed by atoms with Crippen LogP contribution in [-0.2, 0) is 41.8 Å². The third kappa shape index (κ3) is 45.1. The zero-order chi connectivity index (χ0) is 47.4. The minimum Gasteiger partial charge on any atom is -0.462 e. The molecule has 0 bridgehead atoms. The number of aliphatic hydroxyl groups excluding tert-OH is 2. The molecule has 0 rings (SSSR count). The summed E-state index contributed by atoms with van der Waals surface area (Å²) in [7, 11) is -9.79. The summed E-state index contributed by atoms with van der Waals surface area (Å²) >= 11 is 0. The van der Waals surface area contributed by atoms with Crippen molar-refractivity contribution >= 4 is 27.6 Å². The molecule has 0 saturated heterocycles. The van der Waals surface area contributed by atoms with Gasteiger partial charge in [0.05, 0.1) is 25.9 Å². The van der Waals surface area contributed by atoms with Crippen molar-refractivity contribution < 1.29 is 66.7 Å². The molecule has 16 heteroatoms. The lowest BCUT2D eigenvalue weighted by atomic mass is 10.2. The van der Waals surface area contributed by atoms with Crippen LogP contribution < -0.4 is 0 Å². The predicted molar refractivity (Wildman–Crippen MR) is 254 cm³/mol. The summed E-state index contributed by atoms with van der Waals surface area (Å²) in [5.41, 5.74) is 0. The van der Waals surface area contributed by atoms with Crippen LogP contribution >= 0.6 is 15.6 Å². The molecular weight excluding hydrogens is 862 g/mol. The number of carbonyl (C=O) groups excluding carboxylic acids is 2. The molecule has 0 spiro atoms. The van der Waals surface area contributed by atoms with E-state index in [-0.39, 0.29) is 19.3 Å². The Balaban J connectivity index is 4.84. The van der Waals surface area contributed by atoms with Crippen LogP contribution in [0.4, 0.5) is 0 Å². The van der Waals surface area contributed by atoms with Crippen LogP contribution in [0.3, 0.4) is 0 Å². The zero-order valence-electron chi connectivity index (χ0n) is 37.9. The molecule has 0 saturated carbocycles. The van der Waals surface area contributed by atoms with Crippen molar-refractivity contribution in [1.82, 2.24) is 0 Å². The maximum atomic E-state index is 12.7. The summed E-state index contributed by atoms with van der Waals surface area (Å²) in [6.45, 7) is 1.26. The molecule has 0 amide bonds. The number of ether oxygens (including phenoxy) is 2. The number of phosphoric acid groups is 2. The molecule has 0 aromatic carbocycles. The van der Waals surface area contributed by atoms with Gasteiger partial charge in [-0.25, -0.2) is 9.13 Å². The number of carbonyl (C=O) groups is 2. The van der Waals surface area contributed by atoms with E-state index in [1.165, 1.54) is 25.3 Å². The standard InChI is InChI=1S/C48H76O14P2/c1-3-5-7-9-11-13-15-17-19-21-23-25-27-29-31-33-35-37-48(52)62-46(43-61-64(56,57)60-41-45(50)40-59-63(53,54)55)42-58-47(51)39-38-44(49)36-34-32-30-28-26-24-22-20-18-16-14-12-10-8-6-4-2/h6,8,11-14,17-20,23-26,29-32,34,36,44-46,49-50H,3-5,7,9-10,15-16,21-22,27-28,33,35,37-43H2,1-2H3,(H,56,57)(H2,53,54,55)/b8-6-,13-11-,14-12-,19-17-,20-18-,25-23-,26-24-,31-29-,32-30-,36-34-/t44?,45-,46+/m0/s1. The van der Waals surface area contributed by atoms with Gasteiger partial charge in [-0.05, 0) is 83.5 Å². The van der Waals surface area contributed by atoms with Crippen molar-refractivity contribution in [1.29, 1.82) is 0 Å². The number of aliphatic hydroxyl groups is 2. The summed E-state index contributed by atoms with van der Waals surface area (Å²) < 4.78 is 47.5. The van der Waals surface area contributed by atoms with Crippen LogP contribution in [0, 0.1) is 0 Å². The SMILES string of the molecule is CC/C=C\C/C=C\C/C=C\C/C=C\C/C=C\C=C/C(O)CCC(=O)OC[C@H](COP(=O)(O)OC[C@@H](O)COP(=O)(O)O)OC(=O)CCC/C=C\C/C=C\C/C=C\C/C=C\CCCCC. The number of unbranched alkanes of at least 4 members (excludes halogenated alkanes) is 4. The molecule has 14 nitrogen and oxygen atoms in total. The summed E-state index contributed by atoms with van der Waals surface area (Å²) in [6, 6.07) is 0. The van der Waals surface area contributed by atoms with Crippen molar-refractivity contribution in [3.8, 4) is 0 Å². The number of phosphoric ester groups is 2. The van der Waals surface area contributed by atoms with E-state index >= 15 is 0 Å². The zero-order valence-corrected chi connectivity index (χ0v) is 39.7. The second-order valence-electron chi connectivity index (χ2n) is 14.4. The second kappa shape index (κ2) is 42.1. The van der Waals surface area contributed by atoms with E-state index in [0.717, 1.165) is 57.8 Å². The van der Waals surface area contributed by atoms with E-state index in [1.807, 2.05) is 24.3 Å². The van der Waals surface area contributed by atoms with Gasteiger partial charge in [0.25, 0.3) is 0 Å². The maximum Gasteiger partial charge on any atom is 0.472 e. The molecule has 0 aliphatic carbocycles. The van der Waals surface area contributed by atoms with Gasteiger partial charge >= 0.3 is 27.6 Å². The Hall–Kier alpha value is -3.52. The van der Waals surface area contributed by atoms with Gasteiger partial charge in [-0.3, -0.25) is 23.2 Å². The minimum absolute atomic E-state index is 0.00205.